The Balaban J connectivity index is 1.88. The van der Waals surface area contributed by atoms with Crippen molar-refractivity contribution in [2.45, 2.75) is 49.7 Å². The molecule has 1 aromatic rings. The van der Waals surface area contributed by atoms with Crippen molar-refractivity contribution < 1.29 is 23.8 Å². The lowest BCUT2D eigenvalue weighted by Crippen LogP contribution is -2.53. The van der Waals surface area contributed by atoms with Gasteiger partial charge in [0.2, 0.25) is 5.91 Å². The quantitative estimate of drug-likeness (QED) is 0.897. The van der Waals surface area contributed by atoms with Gasteiger partial charge in [-0.2, -0.15) is 0 Å². The van der Waals surface area contributed by atoms with Crippen LogP contribution in [0.25, 0.3) is 0 Å². The number of hydrogen-bond acceptors (Lipinski definition) is 3. The van der Waals surface area contributed by atoms with Gasteiger partial charge in [-0.05, 0) is 37.0 Å². The third-order valence-corrected chi connectivity index (χ3v) is 5.37. The zero-order chi connectivity index (χ0) is 17.3. The molecule has 1 aromatic carbocycles. The average Bonchev–Trinajstić information content (AvgIpc) is 2.88. The van der Waals surface area contributed by atoms with Crippen LogP contribution < -0.4 is 0 Å². The molecule has 0 spiro atoms. The lowest BCUT2D eigenvalue weighted by atomic mass is 9.63. The van der Waals surface area contributed by atoms with E-state index in [1.165, 1.54) is 12.1 Å². The van der Waals surface area contributed by atoms with E-state index in [1.807, 2.05) is 0 Å². The summed E-state index contributed by atoms with van der Waals surface area (Å²) in [6.07, 6.45) is 2.53. The van der Waals surface area contributed by atoms with Crippen molar-refractivity contribution in [3.8, 4) is 0 Å². The van der Waals surface area contributed by atoms with Crippen LogP contribution in [0.1, 0.15) is 37.7 Å². The van der Waals surface area contributed by atoms with Crippen molar-refractivity contribution >= 4 is 11.9 Å². The SMILES string of the molecule is COC1CC(CC(=O)O)N(C(=O)C2(c3cccc(F)c3)CCC2)C1. The van der Waals surface area contributed by atoms with Crippen molar-refractivity contribution in [2.24, 2.45) is 0 Å². The van der Waals surface area contributed by atoms with E-state index in [0.29, 0.717) is 31.4 Å². The molecule has 6 heteroatoms. The molecule has 1 saturated carbocycles. The maximum absolute atomic E-state index is 13.6. The zero-order valence-electron chi connectivity index (χ0n) is 13.7. The summed E-state index contributed by atoms with van der Waals surface area (Å²) in [6, 6.07) is 5.83. The van der Waals surface area contributed by atoms with Crippen LogP contribution in [0.15, 0.2) is 24.3 Å². The average molecular weight is 335 g/mol. The number of carboxylic acids is 1. The lowest BCUT2D eigenvalue weighted by Gasteiger charge is -2.44. The van der Waals surface area contributed by atoms with Gasteiger partial charge in [-0.3, -0.25) is 9.59 Å². The van der Waals surface area contributed by atoms with Gasteiger partial charge in [0.1, 0.15) is 5.82 Å². The highest BCUT2D eigenvalue weighted by Gasteiger charge is 2.51. The maximum atomic E-state index is 13.6. The van der Waals surface area contributed by atoms with Gasteiger partial charge in [-0.15, -0.1) is 0 Å². The fourth-order valence-corrected chi connectivity index (χ4v) is 3.91. The Labute approximate surface area is 140 Å². The second kappa shape index (κ2) is 6.51. The first-order valence-corrected chi connectivity index (χ1v) is 8.28. The molecule has 1 amide bonds. The minimum absolute atomic E-state index is 0.0924. The summed E-state index contributed by atoms with van der Waals surface area (Å²) < 4.78 is 19.0. The Morgan fingerprint density at radius 2 is 2.17 bits per heavy atom. The monoisotopic (exact) mass is 335 g/mol. The van der Waals surface area contributed by atoms with Crippen LogP contribution in [0, 0.1) is 5.82 Å². The smallest absolute Gasteiger partial charge is 0.305 e. The van der Waals surface area contributed by atoms with Crippen LogP contribution >= 0.6 is 0 Å². The number of nitrogens with zero attached hydrogens (tertiary/aromatic N) is 1. The molecule has 0 bridgehead atoms. The molecular weight excluding hydrogens is 313 g/mol. The topological polar surface area (TPSA) is 66.8 Å². The first-order valence-electron chi connectivity index (χ1n) is 8.28. The van der Waals surface area contributed by atoms with Gasteiger partial charge in [-0.1, -0.05) is 18.6 Å². The minimum atomic E-state index is -0.928. The van der Waals surface area contributed by atoms with Crippen LogP contribution in [-0.2, 0) is 19.7 Å². The Morgan fingerprint density at radius 3 is 2.71 bits per heavy atom. The summed E-state index contributed by atoms with van der Waals surface area (Å²) in [5, 5.41) is 9.13. The highest BCUT2D eigenvalue weighted by Crippen LogP contribution is 2.46. The molecule has 1 N–H and O–H groups in total. The van der Waals surface area contributed by atoms with Gasteiger partial charge in [0.25, 0.3) is 0 Å². The molecule has 2 aliphatic rings. The number of methoxy groups -OCH3 is 1. The van der Waals surface area contributed by atoms with E-state index in [4.69, 9.17) is 9.84 Å². The molecule has 5 nitrogen and oxygen atoms in total. The molecule has 1 aliphatic heterocycles. The third-order valence-electron chi connectivity index (χ3n) is 5.37. The highest BCUT2D eigenvalue weighted by molar-refractivity contribution is 5.90. The fourth-order valence-electron chi connectivity index (χ4n) is 3.91. The number of benzene rings is 1. The van der Waals surface area contributed by atoms with Gasteiger partial charge in [0.05, 0.1) is 17.9 Å². The number of carbonyl (C=O) groups excluding carboxylic acids is 1. The van der Waals surface area contributed by atoms with Crippen molar-refractivity contribution in [1.29, 1.82) is 0 Å². The number of carbonyl (C=O) groups is 2. The number of hydrogen-bond donors (Lipinski definition) is 1. The molecule has 3 rings (SSSR count). The molecule has 130 valence electrons. The number of carboxylic acid groups (broad SMARTS) is 1. The van der Waals surface area contributed by atoms with E-state index in [2.05, 4.69) is 0 Å². The molecule has 2 atom stereocenters. The Hall–Kier alpha value is -1.95. The van der Waals surface area contributed by atoms with Gasteiger partial charge in [0.15, 0.2) is 0 Å². The van der Waals surface area contributed by atoms with E-state index in [0.717, 1.165) is 6.42 Å². The summed E-state index contributed by atoms with van der Waals surface area (Å²) >= 11 is 0. The van der Waals surface area contributed by atoms with Crippen molar-refractivity contribution in [2.75, 3.05) is 13.7 Å². The van der Waals surface area contributed by atoms with E-state index in [1.54, 1.807) is 24.1 Å². The Bertz CT molecular complexity index is 644. The first-order chi connectivity index (χ1) is 11.5. The molecule has 1 saturated heterocycles. The van der Waals surface area contributed by atoms with Crippen molar-refractivity contribution in [1.82, 2.24) is 4.90 Å². The normalized spacial score (nSPS) is 25.3. The van der Waals surface area contributed by atoms with E-state index in [-0.39, 0.29) is 30.3 Å². The second-order valence-corrected chi connectivity index (χ2v) is 6.75. The fraction of sp³-hybridized carbons (Fsp3) is 0.556. The van der Waals surface area contributed by atoms with Crippen molar-refractivity contribution in [3.05, 3.63) is 35.6 Å². The number of halogens is 1. The summed E-state index contributed by atoms with van der Waals surface area (Å²) in [6.45, 7) is 0.393. The predicted molar refractivity (Wildman–Crippen MR) is 85.1 cm³/mol. The van der Waals surface area contributed by atoms with Gasteiger partial charge >= 0.3 is 5.97 Å². The summed E-state index contributed by atoms with van der Waals surface area (Å²) in [5.74, 6) is -1.38. The molecular formula is C18H22FNO4. The Morgan fingerprint density at radius 1 is 1.42 bits per heavy atom. The number of rotatable bonds is 5. The molecule has 0 radical (unpaired) electrons. The van der Waals surface area contributed by atoms with Crippen LogP contribution in [0.3, 0.4) is 0 Å². The molecule has 0 aromatic heterocycles. The molecule has 1 heterocycles. The number of aliphatic carboxylic acids is 1. The number of amides is 1. The van der Waals surface area contributed by atoms with Crippen LogP contribution in [0.4, 0.5) is 4.39 Å². The number of likely N-dealkylation sites (tertiary alicyclic amines) is 1. The van der Waals surface area contributed by atoms with Crippen molar-refractivity contribution in [3.63, 3.8) is 0 Å². The zero-order valence-corrected chi connectivity index (χ0v) is 13.7. The molecule has 2 unspecified atom stereocenters. The van der Waals surface area contributed by atoms with E-state index < -0.39 is 11.4 Å². The van der Waals surface area contributed by atoms with Crippen LogP contribution in [0.2, 0.25) is 0 Å². The molecule has 1 aliphatic carbocycles. The van der Waals surface area contributed by atoms with Gasteiger partial charge in [-0.25, -0.2) is 4.39 Å². The van der Waals surface area contributed by atoms with Crippen LogP contribution in [-0.4, -0.2) is 47.7 Å². The van der Waals surface area contributed by atoms with E-state index >= 15 is 0 Å². The van der Waals surface area contributed by atoms with Gasteiger partial charge < -0.3 is 14.7 Å². The first kappa shape index (κ1) is 16.9. The van der Waals surface area contributed by atoms with Gasteiger partial charge in [0, 0.05) is 19.7 Å². The molecule has 2 fully saturated rings. The standard InChI is InChI=1S/C18H22FNO4/c1-24-15-9-14(10-16(21)22)20(11-15)17(23)18(6-3-7-18)12-4-2-5-13(19)8-12/h2,4-5,8,14-15H,3,6-7,9-11H2,1H3,(H,21,22). The Kier molecular flexibility index (Phi) is 4.58. The minimum Gasteiger partial charge on any atom is -0.481 e. The number of ether oxygens (including phenoxy) is 1. The third kappa shape index (κ3) is 2.90. The van der Waals surface area contributed by atoms with E-state index in [9.17, 15) is 14.0 Å². The summed E-state index contributed by atoms with van der Waals surface area (Å²) in [5.41, 5.74) is -0.0321. The predicted octanol–water partition coefficient (Wildman–Crippen LogP) is 2.34. The highest BCUT2D eigenvalue weighted by atomic mass is 19.1. The second-order valence-electron chi connectivity index (χ2n) is 6.75. The summed E-state index contributed by atoms with van der Waals surface area (Å²) in [7, 11) is 1.57. The molecule has 24 heavy (non-hydrogen) atoms. The maximum Gasteiger partial charge on any atom is 0.305 e. The van der Waals surface area contributed by atoms with Crippen LogP contribution in [0.5, 0.6) is 0 Å². The summed E-state index contributed by atoms with van der Waals surface area (Å²) in [4.78, 5) is 26.1. The largest absolute Gasteiger partial charge is 0.481 e. The lowest BCUT2D eigenvalue weighted by molar-refractivity contribution is -0.144.